The van der Waals surface area contributed by atoms with Gasteiger partial charge in [0.05, 0.1) is 9.89 Å². The lowest BCUT2D eigenvalue weighted by Crippen LogP contribution is -2.43. The highest BCUT2D eigenvalue weighted by Gasteiger charge is 2.18. The molecule has 0 aliphatic rings. The first kappa shape index (κ1) is 14.1. The van der Waals surface area contributed by atoms with Gasteiger partial charge in [-0.05, 0) is 35.0 Å². The van der Waals surface area contributed by atoms with Crippen molar-refractivity contribution in [3.05, 3.63) is 15.9 Å². The third-order valence-electron chi connectivity index (χ3n) is 1.94. The quantitative estimate of drug-likeness (QED) is 0.733. The fraction of sp³-hybridized carbons (Fsp3) is 0.500. The van der Waals surface area contributed by atoms with Crippen LogP contribution in [0.15, 0.2) is 20.1 Å². The minimum Gasteiger partial charge on any atom is -0.392 e. The van der Waals surface area contributed by atoms with Crippen molar-refractivity contribution in [3.63, 3.8) is 0 Å². The average Bonchev–Trinajstić information content (AvgIpc) is 2.61. The van der Waals surface area contributed by atoms with Gasteiger partial charge in [0.2, 0.25) is 10.0 Å². The summed E-state index contributed by atoms with van der Waals surface area (Å²) in [6.07, 6.45) is -0.752. The molecule has 16 heavy (non-hydrogen) atoms. The fourth-order valence-electron chi connectivity index (χ4n) is 0.890. The summed E-state index contributed by atoms with van der Waals surface area (Å²) in [6, 6.07) is 2.55. The Balaban J connectivity index is 2.67. The maximum absolute atomic E-state index is 11.7. The Bertz CT molecular complexity index is 444. The van der Waals surface area contributed by atoms with Gasteiger partial charge in [0.25, 0.3) is 0 Å². The maximum atomic E-state index is 11.7. The van der Waals surface area contributed by atoms with E-state index in [2.05, 4.69) is 20.7 Å². The summed E-state index contributed by atoms with van der Waals surface area (Å²) in [7, 11) is -3.52. The lowest BCUT2D eigenvalue weighted by Gasteiger charge is -2.14. The van der Waals surface area contributed by atoms with Gasteiger partial charge in [-0.3, -0.25) is 0 Å². The molecule has 8 heteroatoms. The first-order valence-electron chi connectivity index (χ1n) is 4.51. The molecule has 4 N–H and O–H groups in total. The highest BCUT2D eigenvalue weighted by atomic mass is 79.9. The van der Waals surface area contributed by atoms with Gasteiger partial charge in [-0.1, -0.05) is 0 Å². The second-order valence-corrected chi connectivity index (χ2v) is 7.77. The molecule has 0 aliphatic carbocycles. The number of thiophene rings is 1. The number of halogens is 1. The molecule has 0 saturated heterocycles. The molecule has 1 aromatic heterocycles. The number of sulfonamides is 1. The highest BCUT2D eigenvalue weighted by Crippen LogP contribution is 2.25. The van der Waals surface area contributed by atoms with Crippen molar-refractivity contribution in [2.45, 2.75) is 23.3 Å². The standard InChI is InChI=1S/C8H13BrN2O3S2/c1-5(12)6(10)4-11-16(13,14)8-3-2-7(9)15-8/h2-3,5-6,11-12H,4,10H2,1H3. The molecule has 1 rings (SSSR count). The van der Waals surface area contributed by atoms with Crippen LogP contribution in [0.3, 0.4) is 0 Å². The van der Waals surface area contributed by atoms with Crippen LogP contribution in [0.5, 0.6) is 0 Å². The van der Waals surface area contributed by atoms with E-state index in [9.17, 15) is 8.42 Å². The third-order valence-corrected chi connectivity index (χ3v) is 5.48. The Hall–Kier alpha value is 0.01000. The topological polar surface area (TPSA) is 92.4 Å². The summed E-state index contributed by atoms with van der Waals surface area (Å²) < 4.78 is 26.7. The Labute approximate surface area is 107 Å². The molecule has 0 radical (unpaired) electrons. The average molecular weight is 329 g/mol. The molecule has 0 amide bonds. The number of hydrogen-bond donors (Lipinski definition) is 3. The molecule has 0 fully saturated rings. The minimum atomic E-state index is -3.52. The molecular weight excluding hydrogens is 316 g/mol. The predicted octanol–water partition coefficient (Wildman–Crippen LogP) is 0.497. The molecule has 92 valence electrons. The molecule has 1 aromatic rings. The van der Waals surface area contributed by atoms with Crippen molar-refractivity contribution in [3.8, 4) is 0 Å². The van der Waals surface area contributed by atoms with Crippen LogP contribution in [0.1, 0.15) is 6.92 Å². The van der Waals surface area contributed by atoms with Gasteiger partial charge in [-0.2, -0.15) is 0 Å². The van der Waals surface area contributed by atoms with Crippen LogP contribution in [0, 0.1) is 0 Å². The van der Waals surface area contributed by atoms with E-state index in [0.717, 1.165) is 15.1 Å². The first-order chi connectivity index (χ1) is 7.33. The lowest BCUT2D eigenvalue weighted by atomic mass is 10.2. The number of aliphatic hydroxyl groups excluding tert-OH is 1. The lowest BCUT2D eigenvalue weighted by molar-refractivity contribution is 0.164. The summed E-state index contributed by atoms with van der Waals surface area (Å²) in [5.41, 5.74) is 5.52. The zero-order valence-electron chi connectivity index (χ0n) is 8.55. The smallest absolute Gasteiger partial charge is 0.250 e. The van der Waals surface area contributed by atoms with E-state index < -0.39 is 22.2 Å². The number of rotatable bonds is 5. The van der Waals surface area contributed by atoms with Gasteiger partial charge in [0.1, 0.15) is 4.21 Å². The van der Waals surface area contributed by atoms with Gasteiger partial charge in [0.15, 0.2) is 0 Å². The Morgan fingerprint density at radius 1 is 1.62 bits per heavy atom. The molecule has 0 aliphatic heterocycles. The van der Waals surface area contributed by atoms with Gasteiger partial charge in [-0.15, -0.1) is 11.3 Å². The normalized spacial score (nSPS) is 16.0. The van der Waals surface area contributed by atoms with Crippen LogP contribution in [0.4, 0.5) is 0 Å². The zero-order valence-corrected chi connectivity index (χ0v) is 11.8. The van der Waals surface area contributed by atoms with E-state index in [1.165, 1.54) is 13.0 Å². The third kappa shape index (κ3) is 3.79. The Kier molecular flexibility index (Phi) is 4.89. The van der Waals surface area contributed by atoms with Crippen LogP contribution in [0.25, 0.3) is 0 Å². The summed E-state index contributed by atoms with van der Waals surface area (Å²) in [5.74, 6) is 0. The number of hydrogen-bond acceptors (Lipinski definition) is 5. The van der Waals surface area contributed by atoms with Crippen molar-refractivity contribution in [1.29, 1.82) is 0 Å². The van der Waals surface area contributed by atoms with E-state index in [1.54, 1.807) is 6.07 Å². The monoisotopic (exact) mass is 328 g/mol. The molecule has 5 nitrogen and oxygen atoms in total. The first-order valence-corrected chi connectivity index (χ1v) is 7.61. The van der Waals surface area contributed by atoms with Crippen LogP contribution < -0.4 is 10.5 Å². The van der Waals surface area contributed by atoms with Crippen LogP contribution in [-0.2, 0) is 10.0 Å². The second-order valence-electron chi connectivity index (χ2n) is 3.31. The van der Waals surface area contributed by atoms with Crippen molar-refractivity contribution in [2.24, 2.45) is 5.73 Å². The minimum absolute atomic E-state index is 0.00944. The van der Waals surface area contributed by atoms with Crippen LogP contribution in [0.2, 0.25) is 0 Å². The SMILES string of the molecule is CC(O)C(N)CNS(=O)(=O)c1ccc(Br)s1. The Morgan fingerprint density at radius 3 is 2.69 bits per heavy atom. The summed E-state index contributed by atoms with van der Waals surface area (Å²) in [4.78, 5) is 0. The molecule has 2 atom stereocenters. The summed E-state index contributed by atoms with van der Waals surface area (Å²) in [5, 5.41) is 9.13. The zero-order chi connectivity index (χ0) is 12.3. The number of nitrogens with two attached hydrogens (primary N) is 1. The fourth-order valence-corrected chi connectivity index (χ4v) is 4.02. The molecule has 0 aromatic carbocycles. The van der Waals surface area contributed by atoms with Crippen molar-refractivity contribution in [2.75, 3.05) is 6.54 Å². The van der Waals surface area contributed by atoms with Crippen LogP contribution >= 0.6 is 27.3 Å². The molecule has 2 unspecified atom stereocenters. The van der Waals surface area contributed by atoms with E-state index in [4.69, 9.17) is 10.8 Å². The van der Waals surface area contributed by atoms with E-state index in [-0.39, 0.29) is 10.8 Å². The van der Waals surface area contributed by atoms with E-state index >= 15 is 0 Å². The van der Waals surface area contributed by atoms with Crippen molar-refractivity contribution >= 4 is 37.3 Å². The van der Waals surface area contributed by atoms with Gasteiger partial charge in [0, 0.05) is 12.6 Å². The molecule has 0 spiro atoms. The Morgan fingerprint density at radius 2 is 2.25 bits per heavy atom. The number of nitrogens with one attached hydrogen (secondary N) is 1. The summed E-state index contributed by atoms with van der Waals surface area (Å²) in [6.45, 7) is 1.52. The molecule has 0 saturated carbocycles. The van der Waals surface area contributed by atoms with Gasteiger partial charge >= 0.3 is 0 Å². The maximum Gasteiger partial charge on any atom is 0.250 e. The van der Waals surface area contributed by atoms with Gasteiger partial charge < -0.3 is 10.8 Å². The summed E-state index contributed by atoms with van der Waals surface area (Å²) >= 11 is 4.31. The second kappa shape index (κ2) is 5.56. The predicted molar refractivity (Wildman–Crippen MR) is 66.9 cm³/mol. The van der Waals surface area contributed by atoms with Crippen LogP contribution in [-0.4, -0.2) is 32.2 Å². The van der Waals surface area contributed by atoms with E-state index in [0.29, 0.717) is 0 Å². The van der Waals surface area contributed by atoms with Crippen molar-refractivity contribution in [1.82, 2.24) is 4.72 Å². The number of aliphatic hydroxyl groups is 1. The molecule has 0 bridgehead atoms. The highest BCUT2D eigenvalue weighted by molar-refractivity contribution is 9.11. The largest absolute Gasteiger partial charge is 0.392 e. The van der Waals surface area contributed by atoms with Gasteiger partial charge in [-0.25, -0.2) is 13.1 Å². The molecule has 1 heterocycles. The van der Waals surface area contributed by atoms with Crippen molar-refractivity contribution < 1.29 is 13.5 Å². The molecular formula is C8H13BrN2O3S2. The van der Waals surface area contributed by atoms with E-state index in [1.807, 2.05) is 0 Å².